The molecular weight excluding hydrogens is 1050 g/mol. The van der Waals surface area contributed by atoms with Gasteiger partial charge in [0.15, 0.2) is 12.6 Å². The Morgan fingerprint density at radius 1 is 0.422 bits per heavy atom. The van der Waals surface area contributed by atoms with E-state index in [0.717, 1.165) is 44.9 Å². The van der Waals surface area contributed by atoms with Crippen LogP contribution >= 0.6 is 0 Å². The summed E-state index contributed by atoms with van der Waals surface area (Å²) in [5.41, 5.74) is 0. The molecule has 488 valence electrons. The summed E-state index contributed by atoms with van der Waals surface area (Å²) < 4.78 is 22.8. The molecule has 9 N–H and O–H groups in total. The molecule has 0 aromatic carbocycles. The average molecular weight is 1180 g/mol. The third-order valence-corrected chi connectivity index (χ3v) is 17.1. The largest absolute Gasteiger partial charge is 0.394 e. The predicted molar refractivity (Wildman–Crippen MR) is 337 cm³/mol. The van der Waals surface area contributed by atoms with E-state index < -0.39 is 86.8 Å². The van der Waals surface area contributed by atoms with Crippen molar-refractivity contribution in [2.75, 3.05) is 19.8 Å². The second-order valence-corrected chi connectivity index (χ2v) is 24.6. The number of ether oxygens (including phenoxy) is 4. The van der Waals surface area contributed by atoms with Crippen LogP contribution < -0.4 is 5.32 Å². The zero-order valence-corrected chi connectivity index (χ0v) is 53.0. The number of nitrogens with one attached hydrogen (secondary N) is 1. The van der Waals surface area contributed by atoms with Crippen LogP contribution in [0.2, 0.25) is 0 Å². The van der Waals surface area contributed by atoms with Crippen LogP contribution in [0.25, 0.3) is 0 Å². The Bertz CT molecular complexity index is 1530. The van der Waals surface area contributed by atoms with Crippen molar-refractivity contribution in [2.45, 2.75) is 376 Å². The monoisotopic (exact) mass is 1180 g/mol. The first kappa shape index (κ1) is 77.3. The second kappa shape index (κ2) is 54.4. The Kier molecular flexibility index (Phi) is 50.6. The number of carbonyl (C=O) groups excluding carboxylic acids is 1. The lowest BCUT2D eigenvalue weighted by Gasteiger charge is -2.46. The number of aliphatic hydroxyl groups excluding tert-OH is 8. The lowest BCUT2D eigenvalue weighted by Crippen LogP contribution is -2.65. The van der Waals surface area contributed by atoms with Crippen LogP contribution in [0, 0.1) is 0 Å². The molecule has 2 heterocycles. The van der Waals surface area contributed by atoms with E-state index in [-0.39, 0.29) is 18.9 Å². The van der Waals surface area contributed by atoms with Gasteiger partial charge < -0.3 is 65.1 Å². The number of rotatable bonds is 57. The van der Waals surface area contributed by atoms with Crippen molar-refractivity contribution in [3.8, 4) is 0 Å². The quantitative estimate of drug-likeness (QED) is 0.0204. The zero-order chi connectivity index (χ0) is 60.2. The van der Waals surface area contributed by atoms with E-state index in [1.807, 2.05) is 6.08 Å². The Balaban J connectivity index is 1.68. The molecule has 0 aliphatic carbocycles. The molecule has 12 atom stereocenters. The van der Waals surface area contributed by atoms with Gasteiger partial charge in [0.25, 0.3) is 0 Å². The van der Waals surface area contributed by atoms with Gasteiger partial charge in [-0.1, -0.05) is 288 Å². The first-order valence-electron chi connectivity index (χ1n) is 34.7. The van der Waals surface area contributed by atoms with Crippen LogP contribution in [-0.2, 0) is 23.7 Å². The van der Waals surface area contributed by atoms with E-state index in [4.69, 9.17) is 18.9 Å². The number of unbranched alkanes of at least 4 members (excludes halogenated alkanes) is 40. The van der Waals surface area contributed by atoms with Crippen LogP contribution in [0.4, 0.5) is 0 Å². The highest BCUT2D eigenvalue weighted by atomic mass is 16.7. The zero-order valence-electron chi connectivity index (χ0n) is 53.0. The minimum atomic E-state index is -1.79. The van der Waals surface area contributed by atoms with Crippen molar-refractivity contribution in [3.63, 3.8) is 0 Å². The van der Waals surface area contributed by atoms with Crippen LogP contribution in [0.3, 0.4) is 0 Å². The highest BCUT2D eigenvalue weighted by molar-refractivity contribution is 5.76. The fourth-order valence-corrected chi connectivity index (χ4v) is 11.5. The Morgan fingerprint density at radius 2 is 0.771 bits per heavy atom. The van der Waals surface area contributed by atoms with Gasteiger partial charge in [0.05, 0.1) is 32.0 Å². The first-order valence-corrected chi connectivity index (χ1v) is 34.7. The molecule has 2 saturated heterocycles. The number of allylic oxidation sites excluding steroid dienone is 5. The summed E-state index contributed by atoms with van der Waals surface area (Å²) in [6.45, 7) is 2.81. The van der Waals surface area contributed by atoms with Crippen molar-refractivity contribution in [1.29, 1.82) is 0 Å². The molecule has 0 aromatic rings. The molecule has 0 aromatic heterocycles. The van der Waals surface area contributed by atoms with Crippen LogP contribution in [-0.4, -0.2) is 140 Å². The summed E-state index contributed by atoms with van der Waals surface area (Å²) in [5, 5.41) is 87.3. The van der Waals surface area contributed by atoms with Gasteiger partial charge in [-0.2, -0.15) is 0 Å². The minimum absolute atomic E-state index is 0.249. The molecule has 0 radical (unpaired) electrons. The standard InChI is InChI=1S/C69H129NO13/c1-3-5-7-9-11-13-15-17-19-21-22-23-24-25-26-27-28-29-30-31-32-33-34-35-37-38-40-42-44-46-48-50-52-58(73)57(70-61(74)53-51-49-47-45-43-41-39-36-20-18-16-14-12-10-8-6-4-2)56-80-68-66(79)64(77)67(60(55-72)82-68)83-69-65(78)63(76)62(75)59(54-71)81-69/h35,37,42,44,50,52,57-60,62-69,71-73,75-79H,3-34,36,38-41,43,45-49,51,53-56H2,1-2H3,(H,70,74)/b37-35+,44-42+,52-50+. The van der Waals surface area contributed by atoms with Gasteiger partial charge in [-0.25, -0.2) is 0 Å². The molecule has 83 heavy (non-hydrogen) atoms. The summed E-state index contributed by atoms with van der Waals surface area (Å²) in [4.78, 5) is 13.3. The lowest BCUT2D eigenvalue weighted by molar-refractivity contribution is -0.359. The molecule has 12 unspecified atom stereocenters. The Morgan fingerprint density at radius 3 is 1.18 bits per heavy atom. The van der Waals surface area contributed by atoms with Crippen LogP contribution in [0.15, 0.2) is 36.5 Å². The normalized spacial score (nSPS) is 24.0. The maximum absolute atomic E-state index is 13.3. The van der Waals surface area contributed by atoms with E-state index in [0.29, 0.717) is 12.8 Å². The van der Waals surface area contributed by atoms with E-state index in [9.17, 15) is 45.6 Å². The Hall–Kier alpha value is -1.79. The van der Waals surface area contributed by atoms with Gasteiger partial charge in [-0.15, -0.1) is 0 Å². The summed E-state index contributed by atoms with van der Waals surface area (Å²) in [6.07, 6.45) is 52.2. The highest BCUT2D eigenvalue weighted by Gasteiger charge is 2.51. The summed E-state index contributed by atoms with van der Waals surface area (Å²) in [5.74, 6) is -0.249. The van der Waals surface area contributed by atoms with Crippen LogP contribution in [0.1, 0.15) is 303 Å². The molecule has 1 amide bonds. The molecule has 14 heteroatoms. The summed E-state index contributed by atoms with van der Waals surface area (Å²) in [6, 6.07) is -0.936. The van der Waals surface area contributed by atoms with Gasteiger partial charge in [-0.05, 0) is 44.9 Å². The summed E-state index contributed by atoms with van der Waals surface area (Å²) >= 11 is 0. The second-order valence-electron chi connectivity index (χ2n) is 24.6. The fraction of sp³-hybridized carbons (Fsp3) is 0.899. The Labute approximate surface area is 506 Å². The SMILES string of the molecule is CCCCCCCCCCCCCCCCCCCCCCCC/C=C/CC/C=C/CC/C=C/C(O)C(COC1OC(CO)C(OC2OC(CO)C(O)C(O)C2O)C(O)C1O)NC(=O)CCCCCCCCCCCCCCCCCCC. The number of hydrogen-bond donors (Lipinski definition) is 9. The van der Waals surface area contributed by atoms with Crippen molar-refractivity contribution >= 4 is 5.91 Å². The molecule has 2 aliphatic rings. The molecule has 0 bridgehead atoms. The minimum Gasteiger partial charge on any atom is -0.394 e. The third kappa shape index (κ3) is 39.0. The lowest BCUT2D eigenvalue weighted by atomic mass is 9.97. The van der Waals surface area contributed by atoms with Gasteiger partial charge in [0.2, 0.25) is 5.91 Å². The average Bonchev–Trinajstić information content (AvgIpc) is 3.65. The van der Waals surface area contributed by atoms with Gasteiger partial charge in [0.1, 0.15) is 48.8 Å². The van der Waals surface area contributed by atoms with Crippen molar-refractivity contribution in [1.82, 2.24) is 5.32 Å². The third-order valence-electron chi connectivity index (χ3n) is 17.1. The van der Waals surface area contributed by atoms with E-state index in [1.54, 1.807) is 6.08 Å². The number of carbonyl (C=O) groups is 1. The highest BCUT2D eigenvalue weighted by Crippen LogP contribution is 2.30. The van der Waals surface area contributed by atoms with Gasteiger partial charge in [0, 0.05) is 6.42 Å². The van der Waals surface area contributed by atoms with Crippen molar-refractivity contribution < 1.29 is 64.6 Å². The van der Waals surface area contributed by atoms with Gasteiger partial charge in [-0.3, -0.25) is 4.79 Å². The molecule has 0 spiro atoms. The molecule has 2 fully saturated rings. The number of hydrogen-bond acceptors (Lipinski definition) is 13. The number of amides is 1. The molecule has 2 rings (SSSR count). The summed E-state index contributed by atoms with van der Waals surface area (Å²) in [7, 11) is 0. The molecule has 2 aliphatic heterocycles. The van der Waals surface area contributed by atoms with Crippen molar-refractivity contribution in [2.24, 2.45) is 0 Å². The molecule has 0 saturated carbocycles. The van der Waals surface area contributed by atoms with E-state index in [1.165, 1.54) is 225 Å². The maximum atomic E-state index is 13.3. The predicted octanol–water partition coefficient (Wildman–Crippen LogP) is 13.7. The molecular formula is C69H129NO13. The van der Waals surface area contributed by atoms with E-state index in [2.05, 4.69) is 43.5 Å². The van der Waals surface area contributed by atoms with Crippen LogP contribution in [0.5, 0.6) is 0 Å². The topological polar surface area (TPSA) is 228 Å². The first-order chi connectivity index (χ1) is 40.6. The maximum Gasteiger partial charge on any atom is 0.220 e. The van der Waals surface area contributed by atoms with E-state index >= 15 is 0 Å². The molecule has 14 nitrogen and oxygen atoms in total. The fourth-order valence-electron chi connectivity index (χ4n) is 11.5. The van der Waals surface area contributed by atoms with Gasteiger partial charge >= 0.3 is 0 Å². The van der Waals surface area contributed by atoms with Crippen molar-refractivity contribution in [3.05, 3.63) is 36.5 Å². The number of aliphatic hydroxyl groups is 8. The smallest absolute Gasteiger partial charge is 0.220 e.